The van der Waals surface area contributed by atoms with Crippen LogP contribution in [0.1, 0.15) is 16.8 Å². The lowest BCUT2D eigenvalue weighted by atomic mass is 10.2. The molecule has 4 rings (SSSR count). The lowest BCUT2D eigenvalue weighted by molar-refractivity contribution is -0.141. The van der Waals surface area contributed by atoms with E-state index in [4.69, 9.17) is 23.8 Å². The molecule has 0 unspecified atom stereocenters. The molecule has 0 spiro atoms. The molecule has 1 aliphatic rings. The Morgan fingerprint density at radius 3 is 2.44 bits per heavy atom. The van der Waals surface area contributed by atoms with E-state index in [1.54, 1.807) is 54.6 Å². The smallest absolute Gasteiger partial charge is 0.307 e. The predicted molar refractivity (Wildman–Crippen MR) is 126 cm³/mol. The highest BCUT2D eigenvalue weighted by atomic mass is 35.5. The van der Waals surface area contributed by atoms with E-state index in [-0.39, 0.29) is 19.8 Å². The Labute approximate surface area is 200 Å². The van der Waals surface area contributed by atoms with Gasteiger partial charge < -0.3 is 5.32 Å². The van der Waals surface area contributed by atoms with Crippen molar-refractivity contribution in [2.75, 3.05) is 0 Å². The van der Waals surface area contributed by atoms with Gasteiger partial charge in [0.2, 0.25) is 0 Å². The van der Waals surface area contributed by atoms with Crippen molar-refractivity contribution in [2.24, 2.45) is 0 Å². The molecule has 1 N–H and O–H groups in total. The van der Waals surface area contributed by atoms with E-state index in [1.165, 1.54) is 22.5 Å². The Kier molecular flexibility index (Phi) is 6.66. The number of rotatable bonds is 5. The molecule has 0 bridgehead atoms. The number of halogens is 4. The summed E-state index contributed by atoms with van der Waals surface area (Å²) in [4.78, 5) is 12.2. The summed E-state index contributed by atoms with van der Waals surface area (Å²) in [6.45, 7) is 0. The number of aromatic nitrogens is 2. The molecule has 164 valence electrons. The second-order valence-corrected chi connectivity index (χ2v) is 9.70. The molecule has 3 aromatic rings. The molecule has 0 atom stereocenters. The van der Waals surface area contributed by atoms with Crippen LogP contribution >= 0.6 is 47.3 Å². The van der Waals surface area contributed by atoms with E-state index in [2.05, 4.69) is 10.4 Å². The second-order valence-electron chi connectivity index (χ2n) is 6.58. The fourth-order valence-corrected chi connectivity index (χ4v) is 5.15. The van der Waals surface area contributed by atoms with Crippen molar-refractivity contribution in [3.63, 3.8) is 0 Å². The highest BCUT2D eigenvalue weighted by molar-refractivity contribution is 8.26. The molecule has 2 heterocycles. The van der Waals surface area contributed by atoms with Crippen LogP contribution in [0.4, 0.5) is 13.2 Å². The fourth-order valence-electron chi connectivity index (χ4n) is 2.92. The van der Waals surface area contributed by atoms with E-state index in [1.807, 2.05) is 0 Å². The molecule has 1 amide bonds. The van der Waals surface area contributed by atoms with Crippen molar-refractivity contribution in [3.05, 3.63) is 81.3 Å². The summed E-state index contributed by atoms with van der Waals surface area (Å²) in [7, 11) is 0. The predicted octanol–water partition coefficient (Wildman–Crippen LogP) is 6.33. The SMILES string of the molecule is O=C1NC(=S)S/C1=C\c1c(C(F)(F)F)nn(-c2ccccc2)c1SCc1ccc(Cl)cc1. The number of para-hydroxylation sites is 1. The lowest BCUT2D eigenvalue weighted by Crippen LogP contribution is -2.17. The molecule has 4 nitrogen and oxygen atoms in total. The summed E-state index contributed by atoms with van der Waals surface area (Å²) in [5.74, 6) is -0.157. The fraction of sp³-hybridized carbons (Fsp3) is 0.0952. The zero-order valence-electron chi connectivity index (χ0n) is 16.0. The van der Waals surface area contributed by atoms with Crippen molar-refractivity contribution in [1.82, 2.24) is 15.1 Å². The van der Waals surface area contributed by atoms with Gasteiger partial charge in [0.25, 0.3) is 5.91 Å². The van der Waals surface area contributed by atoms with Gasteiger partial charge in [-0.1, -0.05) is 65.9 Å². The molecule has 0 radical (unpaired) electrons. The summed E-state index contributed by atoms with van der Waals surface area (Å²) in [6, 6.07) is 15.6. The quantitative estimate of drug-likeness (QED) is 0.246. The Morgan fingerprint density at radius 2 is 1.84 bits per heavy atom. The Hall–Kier alpha value is -2.27. The highest BCUT2D eigenvalue weighted by Crippen LogP contribution is 2.41. The number of benzene rings is 2. The standard InChI is InChI=1S/C21H13ClF3N3OS3/c22-13-8-6-12(7-9-13)11-31-19-15(10-16-18(29)26-20(30)32-16)17(21(23,24)25)27-28(19)14-4-2-1-3-5-14/h1-10H,11H2,(H,26,29,30)/b16-10-. The molecule has 0 saturated carbocycles. The first-order valence-electron chi connectivity index (χ1n) is 9.10. The molecule has 1 aromatic heterocycles. The minimum atomic E-state index is -4.72. The number of thioether (sulfide) groups is 2. The molecule has 11 heteroatoms. The molecular formula is C21H13ClF3N3OS3. The number of alkyl halides is 3. The van der Waals surface area contributed by atoms with E-state index >= 15 is 0 Å². The zero-order chi connectivity index (χ0) is 22.9. The van der Waals surface area contributed by atoms with Crippen LogP contribution in [0.15, 0.2) is 64.5 Å². The normalized spacial score (nSPS) is 15.4. The van der Waals surface area contributed by atoms with Gasteiger partial charge in [-0.2, -0.15) is 18.3 Å². The van der Waals surface area contributed by atoms with Crippen molar-refractivity contribution in [3.8, 4) is 5.69 Å². The number of carbonyl (C=O) groups is 1. The van der Waals surface area contributed by atoms with Gasteiger partial charge in [0.15, 0.2) is 5.69 Å². The minimum absolute atomic E-state index is 0.0847. The number of nitrogens with zero attached hydrogens (tertiary/aromatic N) is 2. The highest BCUT2D eigenvalue weighted by Gasteiger charge is 2.39. The van der Waals surface area contributed by atoms with Crippen molar-refractivity contribution >= 4 is 63.6 Å². The van der Waals surface area contributed by atoms with E-state index in [9.17, 15) is 18.0 Å². The maximum absolute atomic E-state index is 14.0. The van der Waals surface area contributed by atoms with Crippen LogP contribution in [-0.4, -0.2) is 20.0 Å². The van der Waals surface area contributed by atoms with Crippen molar-refractivity contribution < 1.29 is 18.0 Å². The van der Waals surface area contributed by atoms with Gasteiger partial charge in [0, 0.05) is 16.3 Å². The molecule has 1 fully saturated rings. The van der Waals surface area contributed by atoms with Crippen LogP contribution in [0, 0.1) is 0 Å². The lowest BCUT2D eigenvalue weighted by Gasteiger charge is -2.09. The molecule has 1 aliphatic heterocycles. The van der Waals surface area contributed by atoms with Crippen LogP contribution in [0.25, 0.3) is 11.8 Å². The third-order valence-corrected chi connectivity index (χ3v) is 6.91. The van der Waals surface area contributed by atoms with Gasteiger partial charge in [-0.25, -0.2) is 4.68 Å². The summed E-state index contributed by atoms with van der Waals surface area (Å²) in [5.41, 5.74) is 0.100. The molecule has 2 aromatic carbocycles. The summed E-state index contributed by atoms with van der Waals surface area (Å²) in [6.07, 6.45) is -3.51. The number of amides is 1. The van der Waals surface area contributed by atoms with Crippen molar-refractivity contribution in [1.29, 1.82) is 0 Å². The number of hydrogen-bond acceptors (Lipinski definition) is 5. The van der Waals surface area contributed by atoms with E-state index in [0.29, 0.717) is 16.5 Å². The van der Waals surface area contributed by atoms with Crippen LogP contribution < -0.4 is 5.32 Å². The van der Waals surface area contributed by atoms with Gasteiger partial charge in [0.05, 0.1) is 10.6 Å². The Balaban J connectivity index is 1.85. The zero-order valence-corrected chi connectivity index (χ0v) is 19.2. The minimum Gasteiger partial charge on any atom is -0.307 e. The van der Waals surface area contributed by atoms with Gasteiger partial charge in [-0.3, -0.25) is 4.79 Å². The average Bonchev–Trinajstić information content (AvgIpc) is 3.27. The van der Waals surface area contributed by atoms with Gasteiger partial charge >= 0.3 is 6.18 Å². The van der Waals surface area contributed by atoms with E-state index < -0.39 is 17.8 Å². The van der Waals surface area contributed by atoms with Gasteiger partial charge in [-0.15, -0.1) is 11.8 Å². The number of carbonyl (C=O) groups excluding carboxylic acids is 1. The topological polar surface area (TPSA) is 46.9 Å². The first-order valence-corrected chi connectivity index (χ1v) is 11.7. The summed E-state index contributed by atoms with van der Waals surface area (Å²) in [5, 5.41) is 7.15. The largest absolute Gasteiger partial charge is 0.435 e. The van der Waals surface area contributed by atoms with E-state index in [0.717, 1.165) is 17.3 Å². The monoisotopic (exact) mass is 511 g/mol. The maximum Gasteiger partial charge on any atom is 0.435 e. The first kappa shape index (κ1) is 22.9. The number of nitrogens with one attached hydrogen (secondary N) is 1. The Bertz CT molecular complexity index is 1210. The molecule has 32 heavy (non-hydrogen) atoms. The number of thiocarbonyl (C=S) groups is 1. The second kappa shape index (κ2) is 9.30. The maximum atomic E-state index is 14.0. The summed E-state index contributed by atoms with van der Waals surface area (Å²) >= 11 is 13.0. The molecule has 1 saturated heterocycles. The van der Waals surface area contributed by atoms with Gasteiger partial charge in [-0.05, 0) is 35.9 Å². The van der Waals surface area contributed by atoms with Crippen LogP contribution in [0.5, 0.6) is 0 Å². The molecule has 0 aliphatic carbocycles. The average molecular weight is 512 g/mol. The Morgan fingerprint density at radius 1 is 1.16 bits per heavy atom. The first-order chi connectivity index (χ1) is 15.2. The third kappa shape index (κ3) is 5.03. The molecular weight excluding hydrogens is 499 g/mol. The van der Waals surface area contributed by atoms with Crippen LogP contribution in [-0.2, 0) is 16.7 Å². The number of hydrogen-bond donors (Lipinski definition) is 1. The summed E-state index contributed by atoms with van der Waals surface area (Å²) < 4.78 is 43.3. The van der Waals surface area contributed by atoms with Crippen LogP contribution in [0.3, 0.4) is 0 Å². The third-order valence-electron chi connectivity index (χ3n) is 4.35. The van der Waals surface area contributed by atoms with Crippen molar-refractivity contribution in [2.45, 2.75) is 17.0 Å². The van der Waals surface area contributed by atoms with Gasteiger partial charge in [0.1, 0.15) is 9.35 Å². The van der Waals surface area contributed by atoms with Crippen LogP contribution in [0.2, 0.25) is 5.02 Å².